The fraction of sp³-hybridized carbons (Fsp3) is 0.533. The first-order chi connectivity index (χ1) is 9.60. The van der Waals surface area contributed by atoms with Crippen molar-refractivity contribution in [2.75, 3.05) is 13.1 Å². The molecule has 1 N–H and O–H groups in total. The fourth-order valence-corrected chi connectivity index (χ4v) is 2.26. The molecule has 1 fully saturated rings. The summed E-state index contributed by atoms with van der Waals surface area (Å²) in [6.07, 6.45) is -0.716. The van der Waals surface area contributed by atoms with E-state index in [1.54, 1.807) is 20.8 Å². The Morgan fingerprint density at radius 3 is 2.33 bits per heavy atom. The Morgan fingerprint density at radius 1 is 1.33 bits per heavy atom. The van der Waals surface area contributed by atoms with Crippen LogP contribution in [0.3, 0.4) is 0 Å². The summed E-state index contributed by atoms with van der Waals surface area (Å²) in [5.74, 6) is -1.39. The number of aliphatic hydroxyl groups is 1. The summed E-state index contributed by atoms with van der Waals surface area (Å²) in [6, 6.07) is 3.56. The average Bonchev–Trinajstić information content (AvgIpc) is 2.28. The molecule has 0 bridgehead atoms. The summed E-state index contributed by atoms with van der Waals surface area (Å²) in [7, 11) is 0. The average molecular weight is 299 g/mol. The van der Waals surface area contributed by atoms with E-state index in [1.807, 2.05) is 0 Å². The summed E-state index contributed by atoms with van der Waals surface area (Å²) >= 11 is 0. The molecule has 2 rings (SSSR count). The standard InChI is InChI=1S/C15H19F2NO3/c1-14(2,3)21-13(19)18-8-15(20,9-18)7-10-11(16)5-4-6-12(10)17/h4-6,20H,7-9H2,1-3H3. The van der Waals surface area contributed by atoms with Gasteiger partial charge in [0.05, 0.1) is 13.1 Å². The van der Waals surface area contributed by atoms with Crippen LogP contribution in [0.2, 0.25) is 0 Å². The van der Waals surface area contributed by atoms with Gasteiger partial charge in [0.25, 0.3) is 0 Å². The molecule has 0 aliphatic carbocycles. The minimum atomic E-state index is -1.32. The third-order valence-corrected chi connectivity index (χ3v) is 3.19. The van der Waals surface area contributed by atoms with Gasteiger partial charge in [-0.25, -0.2) is 13.6 Å². The molecule has 116 valence electrons. The van der Waals surface area contributed by atoms with E-state index in [4.69, 9.17) is 4.74 Å². The molecule has 1 aliphatic rings. The maximum Gasteiger partial charge on any atom is 0.410 e. The zero-order chi connectivity index (χ0) is 15.8. The molecule has 6 heteroatoms. The Balaban J connectivity index is 1.97. The lowest BCUT2D eigenvalue weighted by molar-refractivity contribution is -0.0980. The van der Waals surface area contributed by atoms with E-state index in [9.17, 15) is 18.7 Å². The van der Waals surface area contributed by atoms with Gasteiger partial charge < -0.3 is 14.7 Å². The zero-order valence-electron chi connectivity index (χ0n) is 12.3. The number of likely N-dealkylation sites (tertiary alicyclic amines) is 1. The lowest BCUT2D eigenvalue weighted by atomic mass is 9.87. The number of benzene rings is 1. The minimum absolute atomic E-state index is 0.00428. The fourth-order valence-electron chi connectivity index (χ4n) is 2.26. The van der Waals surface area contributed by atoms with Crippen molar-refractivity contribution in [3.8, 4) is 0 Å². The maximum atomic E-state index is 13.6. The SMILES string of the molecule is CC(C)(C)OC(=O)N1CC(O)(Cc2c(F)cccc2F)C1. The number of carbonyl (C=O) groups excluding carboxylic acids is 1. The highest BCUT2D eigenvalue weighted by Gasteiger charge is 2.45. The summed E-state index contributed by atoms with van der Waals surface area (Å²) in [4.78, 5) is 13.1. The molecule has 1 aliphatic heterocycles. The van der Waals surface area contributed by atoms with Gasteiger partial charge in [0.1, 0.15) is 22.8 Å². The molecule has 0 unspecified atom stereocenters. The van der Waals surface area contributed by atoms with E-state index in [0.717, 1.165) is 12.1 Å². The number of rotatable bonds is 2. The van der Waals surface area contributed by atoms with Crippen molar-refractivity contribution in [3.63, 3.8) is 0 Å². The first-order valence-electron chi connectivity index (χ1n) is 6.73. The van der Waals surface area contributed by atoms with Gasteiger partial charge in [-0.3, -0.25) is 0 Å². The van der Waals surface area contributed by atoms with Crippen LogP contribution in [0, 0.1) is 11.6 Å². The first-order valence-corrected chi connectivity index (χ1v) is 6.73. The zero-order valence-corrected chi connectivity index (χ0v) is 12.3. The molecular weight excluding hydrogens is 280 g/mol. The molecule has 0 aromatic heterocycles. The Labute approximate surface area is 122 Å². The molecule has 1 aromatic carbocycles. The highest BCUT2D eigenvalue weighted by Crippen LogP contribution is 2.28. The van der Waals surface area contributed by atoms with Crippen molar-refractivity contribution >= 4 is 6.09 Å². The summed E-state index contributed by atoms with van der Waals surface area (Å²) < 4.78 is 32.3. The van der Waals surface area contributed by atoms with Crippen molar-refractivity contribution in [2.45, 2.75) is 38.4 Å². The Bertz CT molecular complexity index is 528. The van der Waals surface area contributed by atoms with Gasteiger partial charge in [0, 0.05) is 12.0 Å². The third kappa shape index (κ3) is 3.69. The van der Waals surface area contributed by atoms with Crippen LogP contribution in [0.4, 0.5) is 13.6 Å². The maximum absolute atomic E-state index is 13.6. The Hall–Kier alpha value is -1.69. The van der Waals surface area contributed by atoms with Gasteiger partial charge in [-0.1, -0.05) is 6.07 Å². The predicted molar refractivity (Wildman–Crippen MR) is 72.8 cm³/mol. The first kappa shape index (κ1) is 15.7. The Kier molecular flexibility index (Phi) is 3.93. The number of amides is 1. The van der Waals surface area contributed by atoms with E-state index < -0.39 is 28.9 Å². The van der Waals surface area contributed by atoms with E-state index >= 15 is 0 Å². The van der Waals surface area contributed by atoms with Gasteiger partial charge in [0.15, 0.2) is 0 Å². The lowest BCUT2D eigenvalue weighted by Gasteiger charge is -2.46. The molecule has 1 aromatic rings. The summed E-state index contributed by atoms with van der Waals surface area (Å²) in [5.41, 5.74) is -2.11. The molecule has 21 heavy (non-hydrogen) atoms. The van der Waals surface area contributed by atoms with Crippen LogP contribution in [-0.2, 0) is 11.2 Å². The topological polar surface area (TPSA) is 49.8 Å². The smallest absolute Gasteiger partial charge is 0.410 e. The number of β-amino-alcohol motifs (C(OH)–C–C–N with tert-alkyl or cyclic N) is 1. The number of carbonyl (C=O) groups is 1. The predicted octanol–water partition coefficient (Wildman–Crippen LogP) is 2.49. The second kappa shape index (κ2) is 5.26. The number of hydrogen-bond acceptors (Lipinski definition) is 3. The van der Waals surface area contributed by atoms with E-state index in [-0.39, 0.29) is 25.1 Å². The molecule has 0 radical (unpaired) electrons. The van der Waals surface area contributed by atoms with Gasteiger partial charge in [0.2, 0.25) is 0 Å². The minimum Gasteiger partial charge on any atom is -0.444 e. The van der Waals surface area contributed by atoms with Crippen LogP contribution in [-0.4, -0.2) is 40.4 Å². The van der Waals surface area contributed by atoms with Crippen molar-refractivity contribution < 1.29 is 23.4 Å². The quantitative estimate of drug-likeness (QED) is 0.913. The lowest BCUT2D eigenvalue weighted by Crippen LogP contribution is -2.65. The second-order valence-electron chi connectivity index (χ2n) is 6.44. The van der Waals surface area contributed by atoms with Crippen LogP contribution >= 0.6 is 0 Å². The molecule has 1 saturated heterocycles. The highest BCUT2D eigenvalue weighted by atomic mass is 19.1. The van der Waals surface area contributed by atoms with E-state index in [1.165, 1.54) is 11.0 Å². The van der Waals surface area contributed by atoms with Crippen molar-refractivity contribution in [3.05, 3.63) is 35.4 Å². The van der Waals surface area contributed by atoms with Crippen LogP contribution in [0.5, 0.6) is 0 Å². The molecule has 1 amide bonds. The van der Waals surface area contributed by atoms with Crippen molar-refractivity contribution in [2.24, 2.45) is 0 Å². The van der Waals surface area contributed by atoms with Crippen LogP contribution in [0.1, 0.15) is 26.3 Å². The highest BCUT2D eigenvalue weighted by molar-refractivity contribution is 5.69. The number of ether oxygens (including phenoxy) is 1. The van der Waals surface area contributed by atoms with Gasteiger partial charge in [-0.05, 0) is 32.9 Å². The van der Waals surface area contributed by atoms with Crippen LogP contribution in [0.15, 0.2) is 18.2 Å². The van der Waals surface area contributed by atoms with E-state index in [0.29, 0.717) is 0 Å². The van der Waals surface area contributed by atoms with Crippen molar-refractivity contribution in [1.82, 2.24) is 4.90 Å². The third-order valence-electron chi connectivity index (χ3n) is 3.19. The van der Waals surface area contributed by atoms with Crippen LogP contribution < -0.4 is 0 Å². The van der Waals surface area contributed by atoms with Gasteiger partial charge in [-0.15, -0.1) is 0 Å². The number of hydrogen-bond donors (Lipinski definition) is 1. The van der Waals surface area contributed by atoms with Crippen molar-refractivity contribution in [1.29, 1.82) is 0 Å². The van der Waals surface area contributed by atoms with E-state index in [2.05, 4.69) is 0 Å². The summed E-state index contributed by atoms with van der Waals surface area (Å²) in [5, 5.41) is 10.2. The Morgan fingerprint density at radius 2 is 1.86 bits per heavy atom. The van der Waals surface area contributed by atoms with Crippen LogP contribution in [0.25, 0.3) is 0 Å². The molecule has 4 nitrogen and oxygen atoms in total. The van der Waals surface area contributed by atoms with Gasteiger partial charge >= 0.3 is 6.09 Å². The monoisotopic (exact) mass is 299 g/mol. The van der Waals surface area contributed by atoms with Gasteiger partial charge in [-0.2, -0.15) is 0 Å². The molecule has 1 heterocycles. The second-order valence-corrected chi connectivity index (χ2v) is 6.44. The number of halogens is 2. The number of nitrogens with zero attached hydrogens (tertiary/aromatic N) is 1. The largest absolute Gasteiger partial charge is 0.444 e. The summed E-state index contributed by atoms with van der Waals surface area (Å²) in [6.45, 7) is 5.22. The normalized spacial score (nSPS) is 17.3. The molecule has 0 atom stereocenters. The molecular formula is C15H19F2NO3. The molecule has 0 spiro atoms. The molecule has 0 saturated carbocycles.